The quantitative estimate of drug-likeness (QED) is 0.779. The second kappa shape index (κ2) is 3.74. The maximum atomic E-state index is 5.55. The molecule has 0 radical (unpaired) electrons. The standard InChI is InChI=1S/C10H9N3O/c11-8-5-9(7-12-6-8)14-10-3-1-2-4-13-10/h1-7H,11H2. The maximum Gasteiger partial charge on any atom is 0.219 e. The number of hydrogen-bond donors (Lipinski definition) is 1. The number of nitrogens with two attached hydrogens (primary N) is 1. The zero-order valence-corrected chi connectivity index (χ0v) is 7.42. The summed E-state index contributed by atoms with van der Waals surface area (Å²) < 4.78 is 5.41. The zero-order chi connectivity index (χ0) is 9.80. The monoisotopic (exact) mass is 187 g/mol. The van der Waals surface area contributed by atoms with Crippen LogP contribution in [0.3, 0.4) is 0 Å². The van der Waals surface area contributed by atoms with Gasteiger partial charge in [-0.3, -0.25) is 4.98 Å². The summed E-state index contributed by atoms with van der Waals surface area (Å²) in [5.74, 6) is 1.11. The van der Waals surface area contributed by atoms with E-state index < -0.39 is 0 Å². The van der Waals surface area contributed by atoms with Crippen LogP contribution in [0, 0.1) is 0 Å². The molecule has 4 nitrogen and oxygen atoms in total. The first-order valence-electron chi connectivity index (χ1n) is 4.14. The van der Waals surface area contributed by atoms with Gasteiger partial charge in [-0.15, -0.1) is 0 Å². The van der Waals surface area contributed by atoms with Gasteiger partial charge in [0.05, 0.1) is 18.1 Å². The van der Waals surface area contributed by atoms with E-state index in [1.54, 1.807) is 30.7 Å². The number of rotatable bonds is 2. The summed E-state index contributed by atoms with van der Waals surface area (Å²) in [6.07, 6.45) is 4.81. The van der Waals surface area contributed by atoms with Crippen LogP contribution in [0.4, 0.5) is 5.69 Å². The molecule has 0 saturated heterocycles. The van der Waals surface area contributed by atoms with E-state index in [2.05, 4.69) is 9.97 Å². The van der Waals surface area contributed by atoms with Crippen LogP contribution < -0.4 is 10.5 Å². The molecule has 0 aliphatic heterocycles. The molecule has 0 aliphatic carbocycles. The highest BCUT2D eigenvalue weighted by atomic mass is 16.5. The van der Waals surface area contributed by atoms with E-state index in [0.717, 1.165) is 0 Å². The third kappa shape index (κ3) is 1.98. The van der Waals surface area contributed by atoms with E-state index in [4.69, 9.17) is 10.5 Å². The molecule has 4 heteroatoms. The van der Waals surface area contributed by atoms with Crippen molar-refractivity contribution in [1.29, 1.82) is 0 Å². The summed E-state index contributed by atoms with van der Waals surface area (Å²) in [6.45, 7) is 0. The molecule has 0 aliphatic rings. The van der Waals surface area contributed by atoms with Crippen LogP contribution in [0.2, 0.25) is 0 Å². The number of ether oxygens (including phenoxy) is 1. The summed E-state index contributed by atoms with van der Waals surface area (Å²) in [7, 11) is 0. The van der Waals surface area contributed by atoms with E-state index in [0.29, 0.717) is 17.3 Å². The van der Waals surface area contributed by atoms with Gasteiger partial charge in [-0.2, -0.15) is 0 Å². The Kier molecular flexibility index (Phi) is 2.27. The molecule has 0 amide bonds. The molecule has 2 N–H and O–H groups in total. The van der Waals surface area contributed by atoms with Gasteiger partial charge in [0.15, 0.2) is 0 Å². The van der Waals surface area contributed by atoms with Crippen LogP contribution >= 0.6 is 0 Å². The van der Waals surface area contributed by atoms with Crippen molar-refractivity contribution in [1.82, 2.24) is 9.97 Å². The van der Waals surface area contributed by atoms with Gasteiger partial charge < -0.3 is 10.5 Å². The third-order valence-corrected chi connectivity index (χ3v) is 1.59. The van der Waals surface area contributed by atoms with Crippen molar-refractivity contribution >= 4 is 5.69 Å². The minimum atomic E-state index is 0.528. The third-order valence-electron chi connectivity index (χ3n) is 1.59. The van der Waals surface area contributed by atoms with Crippen molar-refractivity contribution in [3.8, 4) is 11.6 Å². The van der Waals surface area contributed by atoms with Crippen molar-refractivity contribution in [2.45, 2.75) is 0 Å². The lowest BCUT2D eigenvalue weighted by molar-refractivity contribution is 0.461. The minimum Gasteiger partial charge on any atom is -0.437 e. The molecule has 2 rings (SSSR count). The summed E-state index contributed by atoms with van der Waals surface area (Å²) in [5, 5.41) is 0. The molecular formula is C10H9N3O. The fourth-order valence-corrected chi connectivity index (χ4v) is 1.02. The molecule has 2 aromatic heterocycles. The van der Waals surface area contributed by atoms with E-state index in [1.807, 2.05) is 12.1 Å². The number of nitrogen functional groups attached to an aromatic ring is 1. The number of pyridine rings is 2. The summed E-state index contributed by atoms with van der Waals surface area (Å²) in [5.41, 5.74) is 6.12. The molecule has 0 bridgehead atoms. The lowest BCUT2D eigenvalue weighted by Crippen LogP contribution is -1.90. The zero-order valence-electron chi connectivity index (χ0n) is 7.42. The normalized spacial score (nSPS) is 9.71. The summed E-state index contributed by atoms with van der Waals surface area (Å²) in [6, 6.07) is 7.14. The fourth-order valence-electron chi connectivity index (χ4n) is 1.02. The molecule has 0 spiro atoms. The van der Waals surface area contributed by atoms with Crippen LogP contribution in [0.15, 0.2) is 42.9 Å². The SMILES string of the molecule is Nc1cncc(Oc2ccccn2)c1. The first kappa shape index (κ1) is 8.50. The minimum absolute atomic E-state index is 0.528. The largest absolute Gasteiger partial charge is 0.437 e. The van der Waals surface area contributed by atoms with Gasteiger partial charge in [0.2, 0.25) is 5.88 Å². The van der Waals surface area contributed by atoms with Gasteiger partial charge in [-0.25, -0.2) is 4.98 Å². The first-order chi connectivity index (χ1) is 6.84. The van der Waals surface area contributed by atoms with Crippen LogP contribution in [0.1, 0.15) is 0 Å². The van der Waals surface area contributed by atoms with Crippen molar-refractivity contribution < 1.29 is 4.74 Å². The smallest absolute Gasteiger partial charge is 0.219 e. The summed E-state index contributed by atoms with van der Waals surface area (Å²) >= 11 is 0. The van der Waals surface area contributed by atoms with Gasteiger partial charge in [0.25, 0.3) is 0 Å². The number of nitrogens with zero attached hydrogens (tertiary/aromatic N) is 2. The highest BCUT2D eigenvalue weighted by Gasteiger charge is 1.97. The number of hydrogen-bond acceptors (Lipinski definition) is 4. The second-order valence-electron chi connectivity index (χ2n) is 2.72. The molecule has 0 atom stereocenters. The van der Waals surface area contributed by atoms with E-state index >= 15 is 0 Å². The molecule has 0 saturated carbocycles. The molecule has 0 aromatic carbocycles. The maximum absolute atomic E-state index is 5.55. The molecular weight excluding hydrogens is 178 g/mol. The first-order valence-corrected chi connectivity index (χ1v) is 4.14. The average molecular weight is 187 g/mol. The Labute approximate surface area is 81.4 Å². The lowest BCUT2D eigenvalue weighted by Gasteiger charge is -2.03. The Balaban J connectivity index is 2.19. The van der Waals surface area contributed by atoms with Crippen molar-refractivity contribution in [3.63, 3.8) is 0 Å². The highest BCUT2D eigenvalue weighted by molar-refractivity contribution is 5.41. The van der Waals surface area contributed by atoms with E-state index in [9.17, 15) is 0 Å². The van der Waals surface area contributed by atoms with E-state index in [-0.39, 0.29) is 0 Å². The molecule has 14 heavy (non-hydrogen) atoms. The van der Waals surface area contributed by atoms with Gasteiger partial charge in [-0.05, 0) is 6.07 Å². The van der Waals surface area contributed by atoms with Gasteiger partial charge >= 0.3 is 0 Å². The fraction of sp³-hybridized carbons (Fsp3) is 0. The summed E-state index contributed by atoms with van der Waals surface area (Å²) in [4.78, 5) is 7.92. The lowest BCUT2D eigenvalue weighted by atomic mass is 10.4. The van der Waals surface area contributed by atoms with Crippen LogP contribution in [0.25, 0.3) is 0 Å². The number of anilines is 1. The van der Waals surface area contributed by atoms with Crippen molar-refractivity contribution in [2.24, 2.45) is 0 Å². The predicted molar refractivity (Wildman–Crippen MR) is 53.0 cm³/mol. The highest BCUT2D eigenvalue weighted by Crippen LogP contribution is 2.19. The van der Waals surface area contributed by atoms with E-state index in [1.165, 1.54) is 0 Å². The molecule has 2 heterocycles. The van der Waals surface area contributed by atoms with Crippen molar-refractivity contribution in [3.05, 3.63) is 42.9 Å². The Morgan fingerprint density at radius 3 is 2.86 bits per heavy atom. The van der Waals surface area contributed by atoms with Gasteiger partial charge in [0.1, 0.15) is 5.75 Å². The number of aromatic nitrogens is 2. The molecule has 70 valence electrons. The van der Waals surface area contributed by atoms with Gasteiger partial charge in [0, 0.05) is 18.3 Å². The Morgan fingerprint density at radius 2 is 2.14 bits per heavy atom. The molecule has 0 fully saturated rings. The van der Waals surface area contributed by atoms with Crippen LogP contribution in [-0.2, 0) is 0 Å². The molecule has 0 unspecified atom stereocenters. The Hall–Kier alpha value is -2.10. The second-order valence-corrected chi connectivity index (χ2v) is 2.72. The van der Waals surface area contributed by atoms with Crippen LogP contribution in [0.5, 0.6) is 11.6 Å². The van der Waals surface area contributed by atoms with Crippen LogP contribution in [-0.4, -0.2) is 9.97 Å². The predicted octanol–water partition coefficient (Wildman–Crippen LogP) is 1.85. The molecule has 2 aromatic rings. The van der Waals surface area contributed by atoms with Gasteiger partial charge in [-0.1, -0.05) is 6.07 Å². The van der Waals surface area contributed by atoms with Crippen molar-refractivity contribution in [2.75, 3.05) is 5.73 Å². The Morgan fingerprint density at radius 1 is 1.21 bits per heavy atom. The topological polar surface area (TPSA) is 61.0 Å². The average Bonchev–Trinajstić information content (AvgIpc) is 2.19. The Bertz CT molecular complexity index is 417.